The highest BCUT2D eigenvalue weighted by molar-refractivity contribution is 6.00. The van der Waals surface area contributed by atoms with Crippen LogP contribution in [0.1, 0.15) is 41.4 Å². The molecule has 0 spiro atoms. The fraction of sp³-hybridized carbons (Fsp3) is 0.190. The van der Waals surface area contributed by atoms with Crippen molar-refractivity contribution in [1.29, 1.82) is 0 Å². The third-order valence-corrected chi connectivity index (χ3v) is 4.72. The standard InChI is InChI=1S/C21H19N3O3/c1-11(2)13-8-9-16-15(10-13)18(20(25)22-16)23-24-21(26)19-12(3)14-6-4-5-7-17(14)27-19/h4-11,22,25H,1-3H3. The van der Waals surface area contributed by atoms with Crippen molar-refractivity contribution in [2.75, 3.05) is 0 Å². The van der Waals surface area contributed by atoms with Crippen LogP contribution in [0.5, 0.6) is 5.88 Å². The SMILES string of the molecule is Cc1c(C(=O)N=Nc2c(O)[nH]c3ccc(C(C)C)cc23)oc2ccccc12. The number of aromatic nitrogens is 1. The number of H-pyrrole nitrogens is 1. The summed E-state index contributed by atoms with van der Waals surface area (Å²) < 4.78 is 5.63. The van der Waals surface area contributed by atoms with Gasteiger partial charge in [0.25, 0.3) is 0 Å². The predicted molar refractivity (Wildman–Crippen MR) is 104 cm³/mol. The van der Waals surface area contributed by atoms with E-state index in [1.165, 1.54) is 0 Å². The van der Waals surface area contributed by atoms with Gasteiger partial charge in [0.2, 0.25) is 5.88 Å². The lowest BCUT2D eigenvalue weighted by Gasteiger charge is -2.04. The van der Waals surface area contributed by atoms with Crippen LogP contribution in [-0.4, -0.2) is 16.0 Å². The van der Waals surface area contributed by atoms with E-state index in [9.17, 15) is 9.90 Å². The molecule has 0 aliphatic heterocycles. The zero-order chi connectivity index (χ0) is 19.1. The van der Waals surface area contributed by atoms with Crippen LogP contribution < -0.4 is 0 Å². The maximum atomic E-state index is 12.5. The second kappa shape index (κ2) is 6.39. The Kier molecular flexibility index (Phi) is 4.03. The average molecular weight is 361 g/mol. The Balaban J connectivity index is 1.73. The van der Waals surface area contributed by atoms with E-state index < -0.39 is 5.91 Å². The number of aromatic hydroxyl groups is 1. The normalized spacial score (nSPS) is 12.0. The van der Waals surface area contributed by atoms with Crippen LogP contribution in [0.4, 0.5) is 5.69 Å². The quantitative estimate of drug-likeness (QED) is 0.440. The van der Waals surface area contributed by atoms with Gasteiger partial charge in [0.05, 0.1) is 5.52 Å². The number of aromatic amines is 1. The fourth-order valence-electron chi connectivity index (χ4n) is 3.16. The molecule has 0 atom stereocenters. The number of azo groups is 1. The molecule has 6 heteroatoms. The molecule has 0 aliphatic rings. The first-order valence-electron chi connectivity index (χ1n) is 8.74. The first-order valence-corrected chi connectivity index (χ1v) is 8.74. The van der Waals surface area contributed by atoms with E-state index in [1.807, 2.05) is 43.3 Å². The van der Waals surface area contributed by atoms with Crippen molar-refractivity contribution in [2.24, 2.45) is 10.2 Å². The lowest BCUT2D eigenvalue weighted by molar-refractivity contribution is 0.0970. The zero-order valence-corrected chi connectivity index (χ0v) is 15.3. The Morgan fingerprint density at radius 1 is 1.15 bits per heavy atom. The molecule has 1 amide bonds. The number of carbonyl (C=O) groups is 1. The van der Waals surface area contributed by atoms with Crippen LogP contribution in [0.2, 0.25) is 0 Å². The van der Waals surface area contributed by atoms with Crippen molar-refractivity contribution < 1.29 is 14.3 Å². The van der Waals surface area contributed by atoms with Gasteiger partial charge in [-0.25, -0.2) is 0 Å². The molecule has 6 nitrogen and oxygen atoms in total. The van der Waals surface area contributed by atoms with Crippen molar-refractivity contribution in [3.05, 3.63) is 59.4 Å². The lowest BCUT2D eigenvalue weighted by atomic mass is 10.0. The summed E-state index contributed by atoms with van der Waals surface area (Å²) >= 11 is 0. The number of nitrogens with one attached hydrogen (secondary N) is 1. The van der Waals surface area contributed by atoms with Gasteiger partial charge < -0.3 is 14.5 Å². The molecule has 0 bridgehead atoms. The molecular formula is C21H19N3O3. The van der Waals surface area contributed by atoms with Crippen LogP contribution in [0.25, 0.3) is 21.9 Å². The summed E-state index contributed by atoms with van der Waals surface area (Å²) in [5, 5.41) is 19.6. The number of rotatable bonds is 3. The molecule has 0 saturated carbocycles. The molecule has 0 unspecified atom stereocenters. The molecule has 0 aliphatic carbocycles. The van der Waals surface area contributed by atoms with Gasteiger partial charge in [-0.2, -0.15) is 0 Å². The van der Waals surface area contributed by atoms with Gasteiger partial charge in [-0.15, -0.1) is 10.2 Å². The van der Waals surface area contributed by atoms with Crippen LogP contribution in [0.3, 0.4) is 0 Å². The van der Waals surface area contributed by atoms with E-state index in [4.69, 9.17) is 4.42 Å². The maximum absolute atomic E-state index is 12.5. The van der Waals surface area contributed by atoms with E-state index >= 15 is 0 Å². The summed E-state index contributed by atoms with van der Waals surface area (Å²) in [5.74, 6) is -0.223. The van der Waals surface area contributed by atoms with E-state index in [1.54, 1.807) is 6.07 Å². The molecule has 2 aromatic heterocycles. The smallest absolute Gasteiger partial charge is 0.331 e. The molecule has 2 N–H and O–H groups in total. The van der Waals surface area contributed by atoms with Gasteiger partial charge in [0.1, 0.15) is 5.58 Å². The molecule has 4 aromatic rings. The summed E-state index contributed by atoms with van der Waals surface area (Å²) in [5.41, 5.74) is 3.44. The zero-order valence-electron chi connectivity index (χ0n) is 15.3. The van der Waals surface area contributed by atoms with Gasteiger partial charge in [0.15, 0.2) is 11.4 Å². The van der Waals surface area contributed by atoms with Gasteiger partial charge in [0, 0.05) is 16.3 Å². The topological polar surface area (TPSA) is 91.0 Å². The molecule has 0 radical (unpaired) electrons. The average Bonchev–Trinajstić information content (AvgIpc) is 3.16. The highest BCUT2D eigenvalue weighted by atomic mass is 16.3. The number of carbonyl (C=O) groups excluding carboxylic acids is 1. The van der Waals surface area contributed by atoms with Crippen molar-refractivity contribution in [3.63, 3.8) is 0 Å². The number of amides is 1. The highest BCUT2D eigenvalue weighted by Crippen LogP contribution is 2.37. The predicted octanol–water partition coefficient (Wildman–Crippen LogP) is 5.98. The van der Waals surface area contributed by atoms with Gasteiger partial charge in [-0.3, -0.25) is 4.79 Å². The Bertz CT molecular complexity index is 1200. The summed E-state index contributed by atoms with van der Waals surface area (Å²) in [6.45, 7) is 5.98. The van der Waals surface area contributed by atoms with E-state index in [0.29, 0.717) is 11.5 Å². The van der Waals surface area contributed by atoms with Gasteiger partial charge in [-0.05, 0) is 36.6 Å². The minimum Gasteiger partial charge on any atom is -0.493 e. The Labute approximate surface area is 155 Å². The summed E-state index contributed by atoms with van der Waals surface area (Å²) in [6, 6.07) is 13.2. The monoisotopic (exact) mass is 361 g/mol. The summed E-state index contributed by atoms with van der Waals surface area (Å²) in [4.78, 5) is 15.4. The number of para-hydroxylation sites is 1. The first kappa shape index (κ1) is 17.0. The van der Waals surface area contributed by atoms with Crippen LogP contribution in [-0.2, 0) is 0 Å². The van der Waals surface area contributed by atoms with Crippen molar-refractivity contribution in [2.45, 2.75) is 26.7 Å². The number of benzene rings is 2. The number of aryl methyl sites for hydroxylation is 1. The Morgan fingerprint density at radius 3 is 2.67 bits per heavy atom. The summed E-state index contributed by atoms with van der Waals surface area (Å²) in [7, 11) is 0. The lowest BCUT2D eigenvalue weighted by Crippen LogP contribution is -1.93. The molecular weight excluding hydrogens is 342 g/mol. The molecule has 2 heterocycles. The minimum absolute atomic E-state index is 0.121. The first-order chi connectivity index (χ1) is 13.0. The maximum Gasteiger partial charge on any atom is 0.331 e. The number of hydrogen-bond donors (Lipinski definition) is 2. The van der Waals surface area contributed by atoms with E-state index in [-0.39, 0.29) is 17.3 Å². The Morgan fingerprint density at radius 2 is 1.93 bits per heavy atom. The van der Waals surface area contributed by atoms with Crippen molar-refractivity contribution >= 4 is 33.5 Å². The molecule has 4 rings (SSSR count). The molecule has 27 heavy (non-hydrogen) atoms. The second-order valence-electron chi connectivity index (χ2n) is 6.84. The second-order valence-corrected chi connectivity index (χ2v) is 6.84. The molecule has 2 aromatic carbocycles. The fourth-order valence-corrected chi connectivity index (χ4v) is 3.16. The highest BCUT2D eigenvalue weighted by Gasteiger charge is 2.18. The molecule has 0 fully saturated rings. The van der Waals surface area contributed by atoms with E-state index in [2.05, 4.69) is 29.1 Å². The largest absolute Gasteiger partial charge is 0.493 e. The Hall–Kier alpha value is -3.41. The van der Waals surface area contributed by atoms with Gasteiger partial charge >= 0.3 is 5.91 Å². The third kappa shape index (κ3) is 2.89. The van der Waals surface area contributed by atoms with Crippen molar-refractivity contribution in [3.8, 4) is 5.88 Å². The molecule has 0 saturated heterocycles. The van der Waals surface area contributed by atoms with Gasteiger partial charge in [-0.1, -0.05) is 38.1 Å². The van der Waals surface area contributed by atoms with Crippen LogP contribution in [0.15, 0.2) is 57.1 Å². The third-order valence-electron chi connectivity index (χ3n) is 4.72. The van der Waals surface area contributed by atoms with Crippen LogP contribution >= 0.6 is 0 Å². The number of fused-ring (bicyclic) bond motifs is 2. The van der Waals surface area contributed by atoms with E-state index in [0.717, 1.165) is 27.4 Å². The van der Waals surface area contributed by atoms with Crippen molar-refractivity contribution in [1.82, 2.24) is 4.98 Å². The van der Waals surface area contributed by atoms with Crippen LogP contribution in [0, 0.1) is 6.92 Å². The number of nitrogens with zero attached hydrogens (tertiary/aromatic N) is 2. The number of furan rings is 1. The number of hydrogen-bond acceptors (Lipinski definition) is 4. The minimum atomic E-state index is -0.586. The summed E-state index contributed by atoms with van der Waals surface area (Å²) in [6.07, 6.45) is 0. The molecule has 136 valence electrons.